The van der Waals surface area contributed by atoms with Crippen LogP contribution in [0.4, 0.5) is 22.0 Å². The Kier molecular flexibility index (Phi) is 5.16. The van der Waals surface area contributed by atoms with Crippen molar-refractivity contribution >= 4 is 0 Å². The van der Waals surface area contributed by atoms with E-state index in [4.69, 9.17) is 5.11 Å². The van der Waals surface area contributed by atoms with E-state index >= 15 is 0 Å². The SMILES string of the molecule is OC(CF)C(F)OCCC(F)(F)F. The Labute approximate surface area is 71.3 Å². The van der Waals surface area contributed by atoms with Gasteiger partial charge in [0.1, 0.15) is 12.8 Å². The fourth-order valence-corrected chi connectivity index (χ4v) is 0.468. The maximum Gasteiger partial charge on any atom is 0.391 e. The first kappa shape index (κ1) is 12.6. The second-order valence-corrected chi connectivity index (χ2v) is 2.31. The van der Waals surface area contributed by atoms with Crippen molar-refractivity contribution in [3.63, 3.8) is 0 Å². The average molecular weight is 208 g/mol. The molecule has 7 heteroatoms. The van der Waals surface area contributed by atoms with Gasteiger partial charge in [-0.3, -0.25) is 0 Å². The number of alkyl halides is 5. The van der Waals surface area contributed by atoms with Gasteiger partial charge in [-0.1, -0.05) is 0 Å². The van der Waals surface area contributed by atoms with Gasteiger partial charge in [0.15, 0.2) is 0 Å². The molecule has 13 heavy (non-hydrogen) atoms. The summed E-state index contributed by atoms with van der Waals surface area (Å²) in [5, 5.41) is 8.40. The molecule has 2 nitrogen and oxygen atoms in total. The highest BCUT2D eigenvalue weighted by atomic mass is 19.4. The van der Waals surface area contributed by atoms with Gasteiger partial charge in [-0.05, 0) is 0 Å². The van der Waals surface area contributed by atoms with E-state index in [0.717, 1.165) is 0 Å². The van der Waals surface area contributed by atoms with Crippen LogP contribution in [0.15, 0.2) is 0 Å². The van der Waals surface area contributed by atoms with E-state index in [9.17, 15) is 22.0 Å². The summed E-state index contributed by atoms with van der Waals surface area (Å²) >= 11 is 0. The molecule has 0 radical (unpaired) electrons. The molecule has 0 heterocycles. The normalized spacial score (nSPS) is 17.1. The van der Waals surface area contributed by atoms with E-state index in [1.54, 1.807) is 0 Å². The molecule has 2 atom stereocenters. The molecule has 0 aromatic heterocycles. The third kappa shape index (κ3) is 6.71. The molecule has 0 fully saturated rings. The van der Waals surface area contributed by atoms with Crippen LogP contribution in [0.3, 0.4) is 0 Å². The van der Waals surface area contributed by atoms with Crippen molar-refractivity contribution in [3.05, 3.63) is 0 Å². The van der Waals surface area contributed by atoms with Gasteiger partial charge < -0.3 is 9.84 Å². The van der Waals surface area contributed by atoms with Crippen molar-refractivity contribution in [2.45, 2.75) is 25.1 Å². The first-order valence-electron chi connectivity index (χ1n) is 3.43. The van der Waals surface area contributed by atoms with Crippen LogP contribution in [-0.4, -0.2) is 37.0 Å². The van der Waals surface area contributed by atoms with Crippen LogP contribution < -0.4 is 0 Å². The van der Waals surface area contributed by atoms with Crippen molar-refractivity contribution < 1.29 is 31.8 Å². The number of hydrogen-bond acceptors (Lipinski definition) is 2. The Morgan fingerprint density at radius 3 is 2.23 bits per heavy atom. The van der Waals surface area contributed by atoms with Gasteiger partial charge in [-0.25, -0.2) is 8.78 Å². The van der Waals surface area contributed by atoms with Crippen LogP contribution in [0.2, 0.25) is 0 Å². The minimum absolute atomic E-state index is 0.929. The lowest BCUT2D eigenvalue weighted by Crippen LogP contribution is -2.28. The zero-order valence-electron chi connectivity index (χ0n) is 6.52. The largest absolute Gasteiger partial charge is 0.391 e. The molecule has 80 valence electrons. The second kappa shape index (κ2) is 5.33. The number of aliphatic hydroxyl groups is 1. The quantitative estimate of drug-likeness (QED) is 0.695. The molecule has 0 aliphatic carbocycles. The molecule has 0 aliphatic rings. The third-order valence-corrected chi connectivity index (χ3v) is 1.12. The Bertz CT molecular complexity index is 137. The number of halogens is 5. The van der Waals surface area contributed by atoms with Crippen LogP contribution in [0.5, 0.6) is 0 Å². The first-order valence-corrected chi connectivity index (χ1v) is 3.43. The summed E-state index contributed by atoms with van der Waals surface area (Å²) in [6.45, 7) is -2.32. The van der Waals surface area contributed by atoms with Gasteiger partial charge in [0, 0.05) is 0 Å². The summed E-state index contributed by atoms with van der Waals surface area (Å²) in [7, 11) is 0. The third-order valence-electron chi connectivity index (χ3n) is 1.12. The van der Waals surface area contributed by atoms with Gasteiger partial charge >= 0.3 is 6.18 Å². The number of hydrogen-bond donors (Lipinski definition) is 1. The summed E-state index contributed by atoms with van der Waals surface area (Å²) in [6, 6.07) is 0. The van der Waals surface area contributed by atoms with Gasteiger partial charge in [-0.15, -0.1) is 0 Å². The van der Waals surface area contributed by atoms with Gasteiger partial charge in [0.25, 0.3) is 0 Å². The van der Waals surface area contributed by atoms with Crippen molar-refractivity contribution in [2.24, 2.45) is 0 Å². The molecule has 0 aromatic carbocycles. The summed E-state index contributed by atoms with van der Waals surface area (Å²) in [5.74, 6) is 0. The molecule has 0 rings (SSSR count). The Balaban J connectivity index is 3.53. The minimum Gasteiger partial charge on any atom is -0.385 e. The van der Waals surface area contributed by atoms with Crippen LogP contribution >= 0.6 is 0 Å². The van der Waals surface area contributed by atoms with Crippen molar-refractivity contribution in [1.29, 1.82) is 0 Å². The Morgan fingerprint density at radius 1 is 1.31 bits per heavy atom. The van der Waals surface area contributed by atoms with Gasteiger partial charge in [0.05, 0.1) is 13.0 Å². The second-order valence-electron chi connectivity index (χ2n) is 2.31. The number of ether oxygens (including phenoxy) is 1. The Hall–Kier alpha value is -0.430. The van der Waals surface area contributed by atoms with Crippen LogP contribution in [0, 0.1) is 0 Å². The Morgan fingerprint density at radius 2 is 1.85 bits per heavy atom. The van der Waals surface area contributed by atoms with E-state index in [1.165, 1.54) is 0 Å². The molecule has 0 bridgehead atoms. The smallest absolute Gasteiger partial charge is 0.385 e. The molecule has 0 saturated heterocycles. The highest BCUT2D eigenvalue weighted by molar-refractivity contribution is 4.57. The highest BCUT2D eigenvalue weighted by Gasteiger charge is 2.28. The van der Waals surface area contributed by atoms with E-state index in [0.29, 0.717) is 0 Å². The van der Waals surface area contributed by atoms with Crippen molar-refractivity contribution in [2.75, 3.05) is 13.3 Å². The summed E-state index contributed by atoms with van der Waals surface area (Å²) in [4.78, 5) is 0. The molecule has 0 spiro atoms. The predicted molar refractivity (Wildman–Crippen MR) is 33.5 cm³/mol. The lowest BCUT2D eigenvalue weighted by atomic mass is 10.4. The summed E-state index contributed by atoms with van der Waals surface area (Å²) < 4.78 is 62.0. The zero-order chi connectivity index (χ0) is 10.5. The lowest BCUT2D eigenvalue weighted by molar-refractivity contribution is -0.171. The van der Waals surface area contributed by atoms with E-state index in [1.807, 2.05) is 0 Å². The van der Waals surface area contributed by atoms with E-state index in [2.05, 4.69) is 4.74 Å². The summed E-state index contributed by atoms with van der Waals surface area (Å²) in [6.07, 6.45) is -10.2. The van der Waals surface area contributed by atoms with Gasteiger partial charge in [0.2, 0.25) is 6.36 Å². The first-order chi connectivity index (χ1) is 5.87. The molecule has 0 saturated carbocycles. The van der Waals surface area contributed by atoms with Crippen molar-refractivity contribution in [1.82, 2.24) is 0 Å². The topological polar surface area (TPSA) is 29.5 Å². The summed E-state index contributed by atoms with van der Waals surface area (Å²) in [5.41, 5.74) is 0. The molecule has 0 aromatic rings. The maximum atomic E-state index is 12.3. The molecule has 1 N–H and O–H groups in total. The maximum absolute atomic E-state index is 12.3. The average Bonchev–Trinajstić information content (AvgIpc) is 2.00. The molecule has 0 amide bonds. The van der Waals surface area contributed by atoms with Crippen LogP contribution in [0.25, 0.3) is 0 Å². The molecular formula is C6H9F5O2. The predicted octanol–water partition coefficient (Wildman–Crippen LogP) is 1.58. The lowest BCUT2D eigenvalue weighted by Gasteiger charge is -2.13. The monoisotopic (exact) mass is 208 g/mol. The fourth-order valence-electron chi connectivity index (χ4n) is 0.468. The fraction of sp³-hybridized carbons (Fsp3) is 1.00. The van der Waals surface area contributed by atoms with Gasteiger partial charge in [-0.2, -0.15) is 13.2 Å². The van der Waals surface area contributed by atoms with Crippen LogP contribution in [0.1, 0.15) is 6.42 Å². The standard InChI is InChI=1S/C6H9F5O2/c7-3-4(12)5(8)13-2-1-6(9,10)11/h4-5,12H,1-3H2. The highest BCUT2D eigenvalue weighted by Crippen LogP contribution is 2.19. The number of rotatable bonds is 5. The number of aliphatic hydroxyl groups excluding tert-OH is 1. The molecule has 2 unspecified atom stereocenters. The molecule has 0 aliphatic heterocycles. The van der Waals surface area contributed by atoms with E-state index in [-0.39, 0.29) is 0 Å². The minimum atomic E-state index is -4.44. The van der Waals surface area contributed by atoms with E-state index < -0.39 is 38.3 Å². The van der Waals surface area contributed by atoms with Crippen molar-refractivity contribution in [3.8, 4) is 0 Å². The van der Waals surface area contributed by atoms with Crippen LogP contribution in [-0.2, 0) is 4.74 Å². The molecular weight excluding hydrogens is 199 g/mol. The zero-order valence-corrected chi connectivity index (χ0v) is 6.52.